The molecule has 0 aromatic heterocycles. The summed E-state index contributed by atoms with van der Waals surface area (Å²) in [7, 11) is 0. The Labute approximate surface area is 183 Å². The van der Waals surface area contributed by atoms with Crippen LogP contribution in [0.15, 0.2) is 36.4 Å². The molecule has 5 heteroatoms. The van der Waals surface area contributed by atoms with Gasteiger partial charge in [0, 0.05) is 12.2 Å². The lowest BCUT2D eigenvalue weighted by atomic mass is 10.0. The minimum absolute atomic E-state index is 0.0894. The number of aliphatic hydroxyl groups excluding tert-OH is 1. The summed E-state index contributed by atoms with van der Waals surface area (Å²) in [4.78, 5) is 11.6. The molecular weight excluding hydrogens is 380 g/mol. The van der Waals surface area contributed by atoms with Crippen molar-refractivity contribution in [2.45, 2.75) is 72.1 Å². The maximum absolute atomic E-state index is 11.6. The number of carbonyl (C=O) groups is 1. The standard InChI is InChI=1S/C19H28O2.C6H14O3/c1-4-5-6-7-8-9-10-13-17-14-11-12-15-18(17)21-19(20)16(2)3;1-2-8-5-6-9-4-3-7/h11-12,14-15H,2,4-10,13H2,1,3H3;7H,2-6H2,1H3. The molecule has 0 saturated heterocycles. The minimum atomic E-state index is -0.345. The molecule has 0 fully saturated rings. The highest BCUT2D eigenvalue weighted by Crippen LogP contribution is 2.21. The molecule has 172 valence electrons. The van der Waals surface area contributed by atoms with Crippen LogP contribution in [0.1, 0.15) is 71.3 Å². The number of aryl methyl sites for hydroxylation is 1. The highest BCUT2D eigenvalue weighted by Gasteiger charge is 2.09. The van der Waals surface area contributed by atoms with Crippen LogP contribution in [0, 0.1) is 0 Å². The van der Waals surface area contributed by atoms with E-state index >= 15 is 0 Å². The van der Waals surface area contributed by atoms with E-state index in [-0.39, 0.29) is 12.6 Å². The van der Waals surface area contributed by atoms with Gasteiger partial charge in [-0.15, -0.1) is 0 Å². The van der Waals surface area contributed by atoms with Crippen molar-refractivity contribution >= 4 is 5.97 Å². The first kappa shape index (κ1) is 28.3. The molecule has 0 bridgehead atoms. The van der Waals surface area contributed by atoms with Gasteiger partial charge >= 0.3 is 5.97 Å². The van der Waals surface area contributed by atoms with E-state index in [0.29, 0.717) is 31.1 Å². The zero-order valence-electron chi connectivity index (χ0n) is 19.3. The monoisotopic (exact) mass is 422 g/mol. The molecule has 0 atom stereocenters. The van der Waals surface area contributed by atoms with Crippen molar-refractivity contribution < 1.29 is 24.1 Å². The van der Waals surface area contributed by atoms with E-state index in [4.69, 9.17) is 19.3 Å². The molecule has 0 aliphatic rings. The molecule has 1 aromatic rings. The van der Waals surface area contributed by atoms with Crippen molar-refractivity contribution in [2.75, 3.05) is 33.0 Å². The first-order chi connectivity index (χ1) is 14.6. The number of unbranched alkanes of at least 4 members (excludes halogenated alkanes) is 6. The van der Waals surface area contributed by atoms with Gasteiger partial charge in [-0.2, -0.15) is 0 Å². The van der Waals surface area contributed by atoms with Crippen LogP contribution in [-0.2, 0) is 20.7 Å². The van der Waals surface area contributed by atoms with E-state index in [2.05, 4.69) is 13.5 Å². The number of ether oxygens (including phenoxy) is 3. The van der Waals surface area contributed by atoms with Gasteiger partial charge in [-0.3, -0.25) is 0 Å². The van der Waals surface area contributed by atoms with Crippen molar-refractivity contribution in [3.05, 3.63) is 42.0 Å². The third-order valence-electron chi connectivity index (χ3n) is 4.39. The number of carbonyl (C=O) groups excluding carboxylic acids is 1. The molecule has 1 aromatic carbocycles. The van der Waals surface area contributed by atoms with Crippen LogP contribution in [0.5, 0.6) is 5.75 Å². The predicted molar refractivity (Wildman–Crippen MR) is 123 cm³/mol. The van der Waals surface area contributed by atoms with Crippen LogP contribution in [0.25, 0.3) is 0 Å². The number of rotatable bonds is 16. The normalized spacial score (nSPS) is 10.3. The smallest absolute Gasteiger partial charge is 0.338 e. The second-order valence-electron chi connectivity index (χ2n) is 7.18. The van der Waals surface area contributed by atoms with Gasteiger partial charge in [0.15, 0.2) is 0 Å². The van der Waals surface area contributed by atoms with Gasteiger partial charge in [0.05, 0.1) is 26.4 Å². The zero-order valence-corrected chi connectivity index (χ0v) is 19.3. The molecule has 0 unspecified atom stereocenters. The third kappa shape index (κ3) is 16.1. The summed E-state index contributed by atoms with van der Waals surface area (Å²) in [6, 6.07) is 7.79. The molecule has 0 saturated carbocycles. The Kier molecular flexibility index (Phi) is 19.4. The number of hydrogen-bond acceptors (Lipinski definition) is 5. The van der Waals surface area contributed by atoms with Gasteiger partial charge in [0.2, 0.25) is 0 Å². The summed E-state index contributed by atoms with van der Waals surface area (Å²) in [5.74, 6) is 0.332. The van der Waals surface area contributed by atoms with Crippen molar-refractivity contribution in [2.24, 2.45) is 0 Å². The topological polar surface area (TPSA) is 65.0 Å². The molecule has 0 aliphatic carbocycles. The first-order valence-corrected chi connectivity index (χ1v) is 11.3. The Morgan fingerprint density at radius 1 is 0.933 bits per heavy atom. The van der Waals surface area contributed by atoms with Crippen molar-refractivity contribution in [1.29, 1.82) is 0 Å². The van der Waals surface area contributed by atoms with E-state index in [1.807, 2.05) is 31.2 Å². The Morgan fingerprint density at radius 3 is 2.20 bits per heavy atom. The van der Waals surface area contributed by atoms with Crippen molar-refractivity contribution in [3.8, 4) is 5.75 Å². The molecule has 0 aliphatic heterocycles. The van der Waals surface area contributed by atoms with Crippen molar-refractivity contribution in [1.82, 2.24) is 0 Å². The van der Waals surface area contributed by atoms with Crippen LogP contribution in [0.4, 0.5) is 0 Å². The average Bonchev–Trinajstić information content (AvgIpc) is 2.74. The van der Waals surface area contributed by atoms with Crippen LogP contribution in [0.2, 0.25) is 0 Å². The summed E-state index contributed by atoms with van der Waals surface area (Å²) in [5.41, 5.74) is 1.54. The fourth-order valence-electron chi connectivity index (χ4n) is 2.70. The van der Waals surface area contributed by atoms with Crippen molar-refractivity contribution in [3.63, 3.8) is 0 Å². The molecular formula is C25H42O5. The summed E-state index contributed by atoms with van der Waals surface area (Å²) in [6.45, 7) is 11.9. The predicted octanol–water partition coefficient (Wildman–Crippen LogP) is 5.49. The zero-order chi connectivity index (χ0) is 22.5. The Balaban J connectivity index is 0.000000787. The van der Waals surface area contributed by atoms with E-state index < -0.39 is 0 Å². The number of aliphatic hydroxyl groups is 1. The number of benzene rings is 1. The first-order valence-electron chi connectivity index (χ1n) is 11.3. The Hall–Kier alpha value is -1.69. The van der Waals surface area contributed by atoms with Gasteiger partial charge in [-0.1, -0.05) is 70.2 Å². The fraction of sp³-hybridized carbons (Fsp3) is 0.640. The van der Waals surface area contributed by atoms with Crippen LogP contribution < -0.4 is 4.74 Å². The Morgan fingerprint density at radius 2 is 1.57 bits per heavy atom. The quantitative estimate of drug-likeness (QED) is 0.165. The van der Waals surface area contributed by atoms with Crippen LogP contribution >= 0.6 is 0 Å². The maximum atomic E-state index is 11.6. The lowest BCUT2D eigenvalue weighted by Crippen LogP contribution is -2.09. The number of hydrogen-bond donors (Lipinski definition) is 1. The van der Waals surface area contributed by atoms with Crippen LogP contribution in [0.3, 0.4) is 0 Å². The van der Waals surface area contributed by atoms with Gasteiger partial charge in [0.25, 0.3) is 0 Å². The van der Waals surface area contributed by atoms with E-state index in [0.717, 1.165) is 25.0 Å². The molecule has 0 spiro atoms. The van der Waals surface area contributed by atoms with E-state index in [9.17, 15) is 4.79 Å². The molecule has 1 rings (SSSR count). The summed E-state index contributed by atoms with van der Waals surface area (Å²) < 4.78 is 15.3. The van der Waals surface area contributed by atoms with Gasteiger partial charge in [-0.05, 0) is 38.3 Å². The molecule has 0 radical (unpaired) electrons. The molecule has 1 N–H and O–H groups in total. The second kappa shape index (κ2) is 20.6. The summed E-state index contributed by atoms with van der Waals surface area (Å²) in [6.07, 6.45) is 9.98. The summed E-state index contributed by atoms with van der Waals surface area (Å²) >= 11 is 0. The number of para-hydroxylation sites is 1. The number of esters is 1. The van der Waals surface area contributed by atoms with Gasteiger partial charge < -0.3 is 19.3 Å². The largest absolute Gasteiger partial charge is 0.423 e. The molecule has 5 nitrogen and oxygen atoms in total. The maximum Gasteiger partial charge on any atom is 0.338 e. The minimum Gasteiger partial charge on any atom is -0.423 e. The highest BCUT2D eigenvalue weighted by molar-refractivity contribution is 5.88. The molecule has 0 amide bonds. The van der Waals surface area contributed by atoms with Gasteiger partial charge in [-0.25, -0.2) is 4.79 Å². The van der Waals surface area contributed by atoms with Gasteiger partial charge in [0.1, 0.15) is 5.75 Å². The average molecular weight is 423 g/mol. The van der Waals surface area contributed by atoms with Crippen LogP contribution in [-0.4, -0.2) is 44.1 Å². The summed E-state index contributed by atoms with van der Waals surface area (Å²) in [5, 5.41) is 8.26. The molecule has 0 heterocycles. The second-order valence-corrected chi connectivity index (χ2v) is 7.18. The lowest BCUT2D eigenvalue weighted by Gasteiger charge is -2.10. The SMILES string of the molecule is C=C(C)C(=O)Oc1ccccc1CCCCCCCCC.CCOCCOCCO. The van der Waals surface area contributed by atoms with E-state index in [1.54, 1.807) is 6.92 Å². The lowest BCUT2D eigenvalue weighted by molar-refractivity contribution is -0.130. The molecule has 30 heavy (non-hydrogen) atoms. The third-order valence-corrected chi connectivity index (χ3v) is 4.39. The Bertz CT molecular complexity index is 550. The highest BCUT2D eigenvalue weighted by atomic mass is 16.5. The fourth-order valence-corrected chi connectivity index (χ4v) is 2.70. The van der Waals surface area contributed by atoms with E-state index in [1.165, 1.54) is 38.5 Å².